The number of aromatic nitrogens is 2. The molecular formula is C8H14N6O3. The van der Waals surface area contributed by atoms with Crippen LogP contribution in [-0.4, -0.2) is 34.6 Å². The highest BCUT2D eigenvalue weighted by Gasteiger charge is 2.16. The fourth-order valence-electron chi connectivity index (χ4n) is 1.09. The van der Waals surface area contributed by atoms with Gasteiger partial charge in [-0.1, -0.05) is 0 Å². The van der Waals surface area contributed by atoms with Crippen molar-refractivity contribution in [1.29, 1.82) is 0 Å². The number of hydrazine groups is 1. The van der Waals surface area contributed by atoms with Crippen molar-refractivity contribution in [3.63, 3.8) is 0 Å². The zero-order valence-electron chi connectivity index (χ0n) is 9.34. The number of ether oxygens (including phenoxy) is 1. The molecule has 4 N–H and O–H groups in total. The topological polar surface area (TPSA) is 128 Å². The predicted molar refractivity (Wildman–Crippen MR) is 61.5 cm³/mol. The Bertz CT molecular complexity index is 386. The number of nitrogens with zero attached hydrogens (tertiary/aromatic N) is 3. The van der Waals surface area contributed by atoms with E-state index in [1.165, 1.54) is 0 Å². The largest absolute Gasteiger partial charge is 0.380 e. The van der Waals surface area contributed by atoms with Gasteiger partial charge in [0.2, 0.25) is 11.8 Å². The highest BCUT2D eigenvalue weighted by molar-refractivity contribution is 5.56. The summed E-state index contributed by atoms with van der Waals surface area (Å²) in [6.45, 7) is 3.30. The highest BCUT2D eigenvalue weighted by atomic mass is 16.6. The highest BCUT2D eigenvalue weighted by Crippen LogP contribution is 2.21. The molecule has 0 spiro atoms. The zero-order valence-corrected chi connectivity index (χ0v) is 9.34. The monoisotopic (exact) mass is 242 g/mol. The second kappa shape index (κ2) is 6.55. The lowest BCUT2D eigenvalue weighted by molar-refractivity contribution is -0.384. The Morgan fingerprint density at radius 2 is 2.41 bits per heavy atom. The van der Waals surface area contributed by atoms with Crippen LogP contribution in [0.1, 0.15) is 6.92 Å². The van der Waals surface area contributed by atoms with Crippen LogP contribution >= 0.6 is 0 Å². The third kappa shape index (κ3) is 3.81. The van der Waals surface area contributed by atoms with Gasteiger partial charge in [0, 0.05) is 13.2 Å². The molecule has 0 saturated carbocycles. The van der Waals surface area contributed by atoms with E-state index in [9.17, 15) is 10.1 Å². The van der Waals surface area contributed by atoms with Crippen molar-refractivity contribution in [3.8, 4) is 0 Å². The van der Waals surface area contributed by atoms with Gasteiger partial charge >= 0.3 is 5.69 Å². The average molecular weight is 242 g/mol. The number of nitrogens with two attached hydrogens (primary N) is 1. The van der Waals surface area contributed by atoms with Crippen molar-refractivity contribution in [2.24, 2.45) is 5.84 Å². The van der Waals surface area contributed by atoms with Crippen LogP contribution in [0.2, 0.25) is 0 Å². The maximum Gasteiger partial charge on any atom is 0.329 e. The van der Waals surface area contributed by atoms with E-state index in [1.54, 1.807) is 0 Å². The molecule has 0 radical (unpaired) electrons. The standard InChI is InChI=1S/C8H14N6O3/c1-2-17-4-3-10-7-6(14(15)16)5-11-8(12-7)13-9/h5H,2-4,9H2,1H3,(H2,10,11,12,13). The summed E-state index contributed by atoms with van der Waals surface area (Å²) in [7, 11) is 0. The maximum atomic E-state index is 10.7. The van der Waals surface area contributed by atoms with Crippen molar-refractivity contribution in [2.45, 2.75) is 6.92 Å². The van der Waals surface area contributed by atoms with Crippen molar-refractivity contribution in [1.82, 2.24) is 9.97 Å². The molecule has 0 unspecified atom stereocenters. The number of nitro groups is 1. The van der Waals surface area contributed by atoms with Gasteiger partial charge in [-0.2, -0.15) is 4.98 Å². The van der Waals surface area contributed by atoms with E-state index in [2.05, 4.69) is 20.7 Å². The van der Waals surface area contributed by atoms with E-state index in [0.29, 0.717) is 19.8 Å². The summed E-state index contributed by atoms with van der Waals surface area (Å²) in [6, 6.07) is 0. The van der Waals surface area contributed by atoms with E-state index in [1.807, 2.05) is 6.92 Å². The van der Waals surface area contributed by atoms with Crippen LogP contribution in [0.3, 0.4) is 0 Å². The fourth-order valence-corrected chi connectivity index (χ4v) is 1.09. The van der Waals surface area contributed by atoms with Crippen molar-refractivity contribution < 1.29 is 9.66 Å². The van der Waals surface area contributed by atoms with Crippen molar-refractivity contribution in [2.75, 3.05) is 30.5 Å². The predicted octanol–water partition coefficient (Wildman–Crippen LogP) is 0.119. The number of rotatable bonds is 7. The van der Waals surface area contributed by atoms with Crippen LogP contribution in [0, 0.1) is 10.1 Å². The SMILES string of the molecule is CCOCCNc1nc(NN)ncc1[N+](=O)[O-]. The molecule has 0 aliphatic heterocycles. The number of nitrogens with one attached hydrogen (secondary N) is 2. The van der Waals surface area contributed by atoms with E-state index in [4.69, 9.17) is 10.6 Å². The molecule has 0 aromatic carbocycles. The summed E-state index contributed by atoms with van der Waals surface area (Å²) in [6.07, 6.45) is 1.09. The summed E-state index contributed by atoms with van der Waals surface area (Å²) in [5.74, 6) is 5.34. The molecule has 17 heavy (non-hydrogen) atoms. The molecular weight excluding hydrogens is 228 g/mol. The van der Waals surface area contributed by atoms with Gasteiger partial charge in [0.15, 0.2) is 0 Å². The van der Waals surface area contributed by atoms with Crippen molar-refractivity contribution >= 4 is 17.5 Å². The Morgan fingerprint density at radius 1 is 1.65 bits per heavy atom. The number of hydrogen-bond acceptors (Lipinski definition) is 8. The van der Waals surface area contributed by atoms with Crippen LogP contribution in [-0.2, 0) is 4.74 Å². The minimum absolute atomic E-state index is 0.106. The van der Waals surface area contributed by atoms with Crippen LogP contribution in [0.15, 0.2) is 6.20 Å². The quantitative estimate of drug-likeness (QED) is 0.266. The first-order chi connectivity index (χ1) is 8.19. The summed E-state index contributed by atoms with van der Waals surface area (Å²) in [5.41, 5.74) is 2.01. The lowest BCUT2D eigenvalue weighted by Crippen LogP contribution is -2.15. The molecule has 0 amide bonds. The van der Waals surface area contributed by atoms with Gasteiger partial charge < -0.3 is 10.1 Å². The van der Waals surface area contributed by atoms with Gasteiger partial charge in [0.05, 0.1) is 11.5 Å². The third-order valence-electron chi connectivity index (χ3n) is 1.84. The summed E-state index contributed by atoms with van der Waals surface area (Å²) < 4.78 is 5.10. The molecule has 0 bridgehead atoms. The van der Waals surface area contributed by atoms with E-state index in [0.717, 1.165) is 6.20 Å². The van der Waals surface area contributed by atoms with E-state index < -0.39 is 4.92 Å². The minimum Gasteiger partial charge on any atom is -0.380 e. The Kier molecular flexibility index (Phi) is 5.04. The first-order valence-electron chi connectivity index (χ1n) is 4.98. The van der Waals surface area contributed by atoms with E-state index >= 15 is 0 Å². The van der Waals surface area contributed by atoms with Crippen LogP contribution in [0.25, 0.3) is 0 Å². The lowest BCUT2D eigenvalue weighted by Gasteiger charge is -2.07. The Hall–Kier alpha value is -2.00. The molecule has 1 rings (SSSR count). The molecule has 0 fully saturated rings. The molecule has 1 aromatic rings. The average Bonchev–Trinajstić information content (AvgIpc) is 2.34. The second-order valence-electron chi connectivity index (χ2n) is 2.95. The van der Waals surface area contributed by atoms with Crippen LogP contribution in [0.4, 0.5) is 17.5 Å². The molecule has 9 nitrogen and oxygen atoms in total. The maximum absolute atomic E-state index is 10.7. The molecule has 1 aromatic heterocycles. The van der Waals surface area contributed by atoms with Gasteiger partial charge in [-0.3, -0.25) is 15.5 Å². The number of hydrogen-bond donors (Lipinski definition) is 3. The summed E-state index contributed by atoms with van der Waals surface area (Å²) in [4.78, 5) is 17.7. The number of anilines is 2. The first-order valence-corrected chi connectivity index (χ1v) is 4.98. The van der Waals surface area contributed by atoms with Gasteiger partial charge in [0.1, 0.15) is 6.20 Å². The van der Waals surface area contributed by atoms with Gasteiger partial charge in [-0.25, -0.2) is 10.8 Å². The molecule has 0 aliphatic carbocycles. The minimum atomic E-state index is -0.566. The zero-order chi connectivity index (χ0) is 12.7. The molecule has 0 saturated heterocycles. The Labute approximate surface area is 97.5 Å². The molecule has 1 heterocycles. The van der Waals surface area contributed by atoms with Gasteiger partial charge in [-0.05, 0) is 6.92 Å². The molecule has 9 heteroatoms. The van der Waals surface area contributed by atoms with Crippen molar-refractivity contribution in [3.05, 3.63) is 16.3 Å². The summed E-state index contributed by atoms with van der Waals surface area (Å²) in [5, 5.41) is 13.5. The summed E-state index contributed by atoms with van der Waals surface area (Å²) >= 11 is 0. The molecule has 0 atom stereocenters. The van der Waals surface area contributed by atoms with E-state index in [-0.39, 0.29) is 17.5 Å². The van der Waals surface area contributed by atoms with Crippen LogP contribution < -0.4 is 16.6 Å². The first kappa shape index (κ1) is 13.1. The molecule has 94 valence electrons. The molecule has 0 aliphatic rings. The Morgan fingerprint density at radius 3 is 3.00 bits per heavy atom. The van der Waals surface area contributed by atoms with Crippen LogP contribution in [0.5, 0.6) is 0 Å². The van der Waals surface area contributed by atoms with Gasteiger partial charge in [-0.15, -0.1) is 0 Å². The smallest absolute Gasteiger partial charge is 0.329 e. The second-order valence-corrected chi connectivity index (χ2v) is 2.95. The van der Waals surface area contributed by atoms with Gasteiger partial charge in [0.25, 0.3) is 0 Å². The lowest BCUT2D eigenvalue weighted by atomic mass is 10.4. The number of nitrogen functional groups attached to an aromatic ring is 1. The normalized spacial score (nSPS) is 10.0. The fraction of sp³-hybridized carbons (Fsp3) is 0.500. The Balaban J connectivity index is 2.75. The third-order valence-corrected chi connectivity index (χ3v) is 1.84.